The molecular weight excluding hydrogens is 424 g/mol. The van der Waals surface area contributed by atoms with Gasteiger partial charge in [-0.05, 0) is 55.2 Å². The summed E-state index contributed by atoms with van der Waals surface area (Å²) in [5, 5.41) is 6.36. The number of amides is 2. The zero-order valence-corrected chi connectivity index (χ0v) is 19.8. The topological polar surface area (TPSA) is 74.3 Å². The van der Waals surface area contributed by atoms with E-state index in [1.54, 1.807) is 14.0 Å². The first-order chi connectivity index (χ1) is 16.5. The maximum absolute atomic E-state index is 12.8. The number of carbonyl (C=O) groups excluding carboxylic acids is 2. The van der Waals surface area contributed by atoms with Crippen LogP contribution in [0.1, 0.15) is 48.8 Å². The summed E-state index contributed by atoms with van der Waals surface area (Å²) in [5.74, 6) is 0.674. The molecule has 1 aromatic heterocycles. The number of fused-ring (bicyclic) bond motifs is 1. The molecule has 2 aromatic carbocycles. The summed E-state index contributed by atoms with van der Waals surface area (Å²) < 4.78 is 0. The average Bonchev–Trinajstić information content (AvgIpc) is 3.70. The molecule has 1 aliphatic carbocycles. The van der Waals surface area contributed by atoms with Gasteiger partial charge in [0.1, 0.15) is 0 Å². The summed E-state index contributed by atoms with van der Waals surface area (Å²) in [4.78, 5) is 31.8. The minimum Gasteiger partial charge on any atom is -0.376 e. The molecule has 34 heavy (non-hydrogen) atoms. The molecule has 2 aliphatic rings. The Kier molecular flexibility index (Phi) is 5.82. The second-order valence-electron chi connectivity index (χ2n) is 9.32. The second-order valence-corrected chi connectivity index (χ2v) is 9.32. The van der Waals surface area contributed by atoms with Crippen LogP contribution in [-0.2, 0) is 4.79 Å². The van der Waals surface area contributed by atoms with E-state index in [0.29, 0.717) is 11.5 Å². The predicted octanol–water partition coefficient (Wildman–Crippen LogP) is 5.04. The quantitative estimate of drug-likeness (QED) is 0.566. The zero-order chi connectivity index (χ0) is 23.8. The van der Waals surface area contributed by atoms with Gasteiger partial charge in [-0.25, -0.2) is 4.98 Å². The van der Waals surface area contributed by atoms with E-state index < -0.39 is 0 Å². The van der Waals surface area contributed by atoms with Crippen LogP contribution in [0.4, 0.5) is 11.4 Å². The molecule has 2 amide bonds. The van der Waals surface area contributed by atoms with Crippen LogP contribution in [0.15, 0.2) is 66.7 Å². The number of aromatic nitrogens is 1. The van der Waals surface area contributed by atoms with Gasteiger partial charge in [-0.3, -0.25) is 9.59 Å². The zero-order valence-electron chi connectivity index (χ0n) is 19.8. The van der Waals surface area contributed by atoms with E-state index in [4.69, 9.17) is 4.98 Å². The normalized spacial score (nSPS) is 21.5. The lowest BCUT2D eigenvalue weighted by atomic mass is 9.81. The maximum atomic E-state index is 12.8. The third-order valence-corrected chi connectivity index (χ3v) is 7.03. The molecular formula is C28H30N4O2. The lowest BCUT2D eigenvalue weighted by molar-refractivity contribution is -0.117. The van der Waals surface area contributed by atoms with Gasteiger partial charge in [-0.1, -0.05) is 37.3 Å². The molecule has 0 spiro atoms. The fourth-order valence-corrected chi connectivity index (χ4v) is 5.21. The lowest BCUT2D eigenvalue weighted by Gasteiger charge is -2.45. The number of hydrogen-bond donors (Lipinski definition) is 2. The van der Waals surface area contributed by atoms with E-state index in [-0.39, 0.29) is 29.8 Å². The molecule has 5 rings (SSSR count). The highest BCUT2D eigenvalue weighted by molar-refractivity contribution is 5.95. The molecule has 0 saturated heterocycles. The van der Waals surface area contributed by atoms with Gasteiger partial charge in [0.2, 0.25) is 5.91 Å². The van der Waals surface area contributed by atoms with Crippen LogP contribution in [-0.4, -0.2) is 29.9 Å². The third kappa shape index (κ3) is 4.04. The fraction of sp³-hybridized carbons (Fsp3) is 0.321. The Labute approximate surface area is 200 Å². The van der Waals surface area contributed by atoms with Crippen molar-refractivity contribution in [1.29, 1.82) is 0 Å². The molecule has 2 N–H and O–H groups in total. The molecule has 3 aromatic rings. The van der Waals surface area contributed by atoms with E-state index in [9.17, 15) is 9.59 Å². The predicted molar refractivity (Wildman–Crippen MR) is 135 cm³/mol. The molecule has 1 saturated carbocycles. The van der Waals surface area contributed by atoms with Crippen molar-refractivity contribution in [2.24, 2.45) is 11.8 Å². The molecule has 0 bridgehead atoms. The summed E-state index contributed by atoms with van der Waals surface area (Å²) in [6.07, 6.45) is 2.32. The van der Waals surface area contributed by atoms with Gasteiger partial charge >= 0.3 is 0 Å². The van der Waals surface area contributed by atoms with Gasteiger partial charge in [0.25, 0.3) is 5.91 Å². The van der Waals surface area contributed by atoms with Gasteiger partial charge in [-0.15, -0.1) is 0 Å². The number of para-hydroxylation sites is 1. The van der Waals surface area contributed by atoms with E-state index >= 15 is 0 Å². The van der Waals surface area contributed by atoms with Crippen LogP contribution >= 0.6 is 0 Å². The molecule has 174 valence electrons. The van der Waals surface area contributed by atoms with Gasteiger partial charge < -0.3 is 15.5 Å². The molecule has 2 heterocycles. The van der Waals surface area contributed by atoms with Crippen LogP contribution < -0.4 is 15.5 Å². The molecule has 3 atom stereocenters. The summed E-state index contributed by atoms with van der Waals surface area (Å²) >= 11 is 0. The first kappa shape index (κ1) is 22.1. The van der Waals surface area contributed by atoms with Gasteiger partial charge in [0.05, 0.1) is 23.1 Å². The standard InChI is InChI=1S/C28H30N4O2/c1-17-25(30-22-7-5-4-6-8-22)26-24(32(18(2)33)27(17)20-11-12-20)16-15-23(31-26)19-9-13-21(14-10-19)28(34)29-3/h4-10,13-17,20,25,27,30H,11-12H2,1-3H3,(H,29,34)/t17-,25?,27?/m1/s1. The van der Waals surface area contributed by atoms with Crippen LogP contribution in [0.2, 0.25) is 0 Å². The summed E-state index contributed by atoms with van der Waals surface area (Å²) in [6, 6.07) is 21.8. The Morgan fingerprint density at radius 2 is 1.68 bits per heavy atom. The first-order valence-corrected chi connectivity index (χ1v) is 11.9. The molecule has 1 fully saturated rings. The van der Waals surface area contributed by atoms with Crippen molar-refractivity contribution < 1.29 is 9.59 Å². The number of nitrogens with zero attached hydrogens (tertiary/aromatic N) is 2. The van der Waals surface area contributed by atoms with Crippen molar-refractivity contribution in [2.75, 3.05) is 17.3 Å². The Balaban J connectivity index is 1.59. The number of hydrogen-bond acceptors (Lipinski definition) is 4. The SMILES string of the molecule is CNC(=O)c1ccc(-c2ccc3c(n2)C(Nc2ccccc2)[C@@H](C)C(C2CC2)N3C(C)=O)cc1. The fourth-order valence-electron chi connectivity index (χ4n) is 5.21. The van der Waals surface area contributed by atoms with Gasteiger partial charge in [0.15, 0.2) is 0 Å². The van der Waals surface area contributed by atoms with Crippen molar-refractivity contribution in [2.45, 2.75) is 38.8 Å². The smallest absolute Gasteiger partial charge is 0.251 e. The Morgan fingerprint density at radius 1 is 0.971 bits per heavy atom. The highest BCUT2D eigenvalue weighted by Gasteiger charge is 2.48. The summed E-state index contributed by atoms with van der Waals surface area (Å²) in [7, 11) is 1.62. The Bertz CT molecular complexity index is 1200. The number of rotatable bonds is 5. The van der Waals surface area contributed by atoms with Gasteiger partial charge in [-0.2, -0.15) is 0 Å². The Morgan fingerprint density at radius 3 is 2.29 bits per heavy atom. The summed E-state index contributed by atoms with van der Waals surface area (Å²) in [6.45, 7) is 3.89. The largest absolute Gasteiger partial charge is 0.376 e. The van der Waals surface area contributed by atoms with Crippen molar-refractivity contribution in [3.05, 3.63) is 78.0 Å². The van der Waals surface area contributed by atoms with Crippen molar-refractivity contribution >= 4 is 23.2 Å². The van der Waals surface area contributed by atoms with Crippen LogP contribution in [0.5, 0.6) is 0 Å². The molecule has 0 radical (unpaired) electrons. The second kappa shape index (κ2) is 8.93. The lowest BCUT2D eigenvalue weighted by Crippen LogP contribution is -2.51. The highest BCUT2D eigenvalue weighted by Crippen LogP contribution is 2.49. The molecule has 6 nitrogen and oxygen atoms in total. The maximum Gasteiger partial charge on any atom is 0.251 e. The monoisotopic (exact) mass is 454 g/mol. The van der Waals surface area contributed by atoms with Crippen LogP contribution in [0, 0.1) is 11.8 Å². The number of anilines is 2. The van der Waals surface area contributed by atoms with Crippen LogP contribution in [0.3, 0.4) is 0 Å². The summed E-state index contributed by atoms with van der Waals surface area (Å²) in [5.41, 5.74) is 5.18. The van der Waals surface area contributed by atoms with Crippen molar-refractivity contribution in [3.8, 4) is 11.3 Å². The van der Waals surface area contributed by atoms with E-state index in [0.717, 1.165) is 41.2 Å². The first-order valence-electron chi connectivity index (χ1n) is 11.9. The minimum absolute atomic E-state index is 0.0244. The minimum atomic E-state index is -0.117. The Hall–Kier alpha value is -3.67. The van der Waals surface area contributed by atoms with Crippen molar-refractivity contribution in [1.82, 2.24) is 10.3 Å². The average molecular weight is 455 g/mol. The van der Waals surface area contributed by atoms with E-state index in [1.165, 1.54) is 0 Å². The van der Waals surface area contributed by atoms with E-state index in [1.807, 2.05) is 59.5 Å². The van der Waals surface area contributed by atoms with Crippen LogP contribution in [0.25, 0.3) is 11.3 Å². The molecule has 6 heteroatoms. The van der Waals surface area contributed by atoms with Crippen molar-refractivity contribution in [3.63, 3.8) is 0 Å². The molecule has 2 unspecified atom stereocenters. The number of nitrogens with one attached hydrogen (secondary N) is 2. The van der Waals surface area contributed by atoms with E-state index in [2.05, 4.69) is 29.7 Å². The number of carbonyl (C=O) groups is 2. The highest BCUT2D eigenvalue weighted by atomic mass is 16.2. The number of benzene rings is 2. The molecule has 1 aliphatic heterocycles. The number of pyridine rings is 1. The van der Waals surface area contributed by atoms with Gasteiger partial charge in [0, 0.05) is 42.7 Å². The third-order valence-electron chi connectivity index (χ3n) is 7.03.